The van der Waals surface area contributed by atoms with Gasteiger partial charge in [-0.3, -0.25) is 14.5 Å². The largest absolute Gasteiger partial charge is 0.300 e. The van der Waals surface area contributed by atoms with Gasteiger partial charge in [0.05, 0.1) is 12.5 Å². The summed E-state index contributed by atoms with van der Waals surface area (Å²) >= 11 is 0. The van der Waals surface area contributed by atoms with Crippen molar-refractivity contribution < 1.29 is 9.59 Å². The zero-order chi connectivity index (χ0) is 15.7. The highest BCUT2D eigenvalue weighted by atomic mass is 16.2. The number of amides is 2. The highest BCUT2D eigenvalue weighted by Crippen LogP contribution is 2.28. The summed E-state index contributed by atoms with van der Waals surface area (Å²) in [6.45, 7) is 14.7. The average Bonchev–Trinajstić information content (AvgIpc) is 2.49. The van der Waals surface area contributed by atoms with Crippen LogP contribution in [0.5, 0.6) is 0 Å². The van der Waals surface area contributed by atoms with Crippen molar-refractivity contribution in [2.75, 3.05) is 0 Å². The highest BCUT2D eigenvalue weighted by Gasteiger charge is 2.42. The molecule has 2 atom stereocenters. The topological polar surface area (TPSA) is 49.4 Å². The van der Waals surface area contributed by atoms with E-state index in [0.717, 1.165) is 12.8 Å². The number of imide groups is 1. The van der Waals surface area contributed by atoms with E-state index < -0.39 is 0 Å². The molecule has 116 valence electrons. The van der Waals surface area contributed by atoms with Gasteiger partial charge in [-0.1, -0.05) is 27.7 Å². The number of carbonyl (C=O) groups excluding carboxylic acids is 2. The molecule has 1 aliphatic rings. The van der Waals surface area contributed by atoms with Crippen molar-refractivity contribution in [3.05, 3.63) is 0 Å². The van der Waals surface area contributed by atoms with E-state index in [-0.39, 0.29) is 41.3 Å². The Morgan fingerprint density at radius 3 is 2.25 bits per heavy atom. The van der Waals surface area contributed by atoms with Crippen LogP contribution < -0.4 is 5.32 Å². The van der Waals surface area contributed by atoms with Crippen LogP contribution >= 0.6 is 0 Å². The molecular formula is C16H30N2O2. The lowest BCUT2D eigenvalue weighted by Gasteiger charge is -2.35. The maximum Gasteiger partial charge on any atom is 0.247 e. The number of hydrogen-bond acceptors (Lipinski definition) is 3. The molecule has 1 rings (SSSR count). The summed E-state index contributed by atoms with van der Waals surface area (Å²) in [5.41, 5.74) is 0.0167. The summed E-state index contributed by atoms with van der Waals surface area (Å²) in [7, 11) is 0. The van der Waals surface area contributed by atoms with Crippen molar-refractivity contribution >= 4 is 11.8 Å². The summed E-state index contributed by atoms with van der Waals surface area (Å²) in [4.78, 5) is 25.9. The normalized spacial score (nSPS) is 22.6. The molecule has 20 heavy (non-hydrogen) atoms. The fourth-order valence-corrected chi connectivity index (χ4v) is 3.26. The van der Waals surface area contributed by atoms with E-state index in [1.165, 1.54) is 4.90 Å². The van der Waals surface area contributed by atoms with Gasteiger partial charge < -0.3 is 5.32 Å². The van der Waals surface area contributed by atoms with Crippen molar-refractivity contribution in [1.29, 1.82) is 0 Å². The third-order valence-corrected chi connectivity index (χ3v) is 3.75. The second kappa shape index (κ2) is 5.84. The Kier molecular flexibility index (Phi) is 5.01. The second-order valence-electron chi connectivity index (χ2n) is 7.88. The van der Waals surface area contributed by atoms with Gasteiger partial charge in [0.2, 0.25) is 11.8 Å². The number of nitrogens with one attached hydrogen (secondary N) is 1. The number of likely N-dealkylation sites (tertiary alicyclic amines) is 1. The Morgan fingerprint density at radius 1 is 1.25 bits per heavy atom. The number of carbonyl (C=O) groups is 2. The minimum atomic E-state index is -0.367. The Balaban J connectivity index is 2.75. The highest BCUT2D eigenvalue weighted by molar-refractivity contribution is 6.05. The monoisotopic (exact) mass is 282 g/mol. The van der Waals surface area contributed by atoms with Crippen LogP contribution in [-0.4, -0.2) is 34.3 Å². The van der Waals surface area contributed by atoms with E-state index in [0.29, 0.717) is 0 Å². The molecule has 1 saturated heterocycles. The Morgan fingerprint density at radius 2 is 1.80 bits per heavy atom. The molecule has 4 nitrogen and oxygen atoms in total. The molecule has 0 radical (unpaired) electrons. The van der Waals surface area contributed by atoms with Crippen LogP contribution in [0.2, 0.25) is 0 Å². The fraction of sp³-hybridized carbons (Fsp3) is 0.875. The van der Waals surface area contributed by atoms with Crippen LogP contribution in [0.4, 0.5) is 0 Å². The molecule has 4 heteroatoms. The molecule has 0 aromatic rings. The van der Waals surface area contributed by atoms with E-state index >= 15 is 0 Å². The van der Waals surface area contributed by atoms with E-state index in [2.05, 4.69) is 39.9 Å². The molecule has 0 bridgehead atoms. The third kappa shape index (κ3) is 4.30. The van der Waals surface area contributed by atoms with Crippen LogP contribution in [-0.2, 0) is 9.59 Å². The lowest BCUT2D eigenvalue weighted by Crippen LogP contribution is -2.51. The Hall–Kier alpha value is -0.900. The van der Waals surface area contributed by atoms with Gasteiger partial charge in [-0.2, -0.15) is 0 Å². The van der Waals surface area contributed by atoms with Crippen molar-refractivity contribution in [1.82, 2.24) is 10.2 Å². The summed E-state index contributed by atoms with van der Waals surface area (Å²) in [6.07, 6.45) is 2.04. The SMILES string of the molecule is CCC(C)N1C(=O)CC(NC(C)(C)CC(C)(C)C)C1=O. The maximum absolute atomic E-state index is 12.4. The second-order valence-corrected chi connectivity index (χ2v) is 7.88. The number of hydrogen-bond donors (Lipinski definition) is 1. The van der Waals surface area contributed by atoms with Crippen molar-refractivity contribution in [3.8, 4) is 0 Å². The molecule has 1 heterocycles. The van der Waals surface area contributed by atoms with Gasteiger partial charge in [-0.05, 0) is 39.0 Å². The summed E-state index contributed by atoms with van der Waals surface area (Å²) in [5, 5.41) is 3.39. The van der Waals surface area contributed by atoms with Gasteiger partial charge in [0.1, 0.15) is 0 Å². The molecule has 0 spiro atoms. The quantitative estimate of drug-likeness (QED) is 0.789. The van der Waals surface area contributed by atoms with Crippen LogP contribution in [0.3, 0.4) is 0 Å². The van der Waals surface area contributed by atoms with Crippen LogP contribution in [0.15, 0.2) is 0 Å². The Bertz CT molecular complexity index is 382. The van der Waals surface area contributed by atoms with Gasteiger partial charge in [0.25, 0.3) is 0 Å². The first kappa shape index (κ1) is 17.2. The average molecular weight is 282 g/mol. The standard InChI is InChI=1S/C16H30N2O2/c1-8-11(2)18-13(19)9-12(14(18)20)17-16(6,7)10-15(3,4)5/h11-12,17H,8-10H2,1-7H3. The minimum absolute atomic E-state index is 0.00692. The van der Waals surface area contributed by atoms with Gasteiger partial charge in [-0.15, -0.1) is 0 Å². The minimum Gasteiger partial charge on any atom is -0.300 e. The molecule has 0 saturated carbocycles. The van der Waals surface area contributed by atoms with E-state index in [9.17, 15) is 9.59 Å². The van der Waals surface area contributed by atoms with Gasteiger partial charge in [0.15, 0.2) is 0 Å². The number of rotatable bonds is 5. The van der Waals surface area contributed by atoms with Crippen LogP contribution in [0.1, 0.15) is 67.7 Å². The third-order valence-electron chi connectivity index (χ3n) is 3.75. The zero-order valence-electron chi connectivity index (χ0n) is 14.0. The molecule has 1 N–H and O–H groups in total. The van der Waals surface area contributed by atoms with Gasteiger partial charge in [0, 0.05) is 11.6 Å². The smallest absolute Gasteiger partial charge is 0.247 e. The van der Waals surface area contributed by atoms with Crippen molar-refractivity contribution in [2.24, 2.45) is 5.41 Å². The van der Waals surface area contributed by atoms with E-state index in [1.54, 1.807) is 0 Å². The summed E-state index contributed by atoms with van der Waals surface area (Å²) in [5.74, 6) is -0.111. The van der Waals surface area contributed by atoms with Gasteiger partial charge in [-0.25, -0.2) is 0 Å². The molecule has 2 unspecified atom stereocenters. The fourth-order valence-electron chi connectivity index (χ4n) is 3.26. The summed E-state index contributed by atoms with van der Waals surface area (Å²) in [6, 6.07) is -0.374. The van der Waals surface area contributed by atoms with Gasteiger partial charge >= 0.3 is 0 Å². The molecule has 1 aliphatic heterocycles. The number of nitrogens with zero attached hydrogens (tertiary/aromatic N) is 1. The lowest BCUT2D eigenvalue weighted by molar-refractivity contribution is -0.141. The predicted octanol–water partition coefficient (Wildman–Crippen LogP) is 2.72. The van der Waals surface area contributed by atoms with E-state index in [1.807, 2.05) is 13.8 Å². The summed E-state index contributed by atoms with van der Waals surface area (Å²) < 4.78 is 0. The molecule has 0 aromatic carbocycles. The predicted molar refractivity (Wildman–Crippen MR) is 81.3 cm³/mol. The molecule has 0 aromatic heterocycles. The van der Waals surface area contributed by atoms with Crippen molar-refractivity contribution in [3.63, 3.8) is 0 Å². The molecule has 0 aliphatic carbocycles. The molecular weight excluding hydrogens is 252 g/mol. The zero-order valence-corrected chi connectivity index (χ0v) is 14.0. The molecule has 1 fully saturated rings. The maximum atomic E-state index is 12.4. The van der Waals surface area contributed by atoms with Crippen LogP contribution in [0, 0.1) is 5.41 Å². The lowest BCUT2D eigenvalue weighted by atomic mass is 9.81. The first-order chi connectivity index (χ1) is 8.97. The Labute approximate surface area is 123 Å². The van der Waals surface area contributed by atoms with Crippen LogP contribution in [0.25, 0.3) is 0 Å². The van der Waals surface area contributed by atoms with Crippen molar-refractivity contribution in [2.45, 2.75) is 85.4 Å². The first-order valence-electron chi connectivity index (χ1n) is 7.60. The molecule has 2 amide bonds. The van der Waals surface area contributed by atoms with E-state index in [4.69, 9.17) is 0 Å². The first-order valence-corrected chi connectivity index (χ1v) is 7.60.